The highest BCUT2D eigenvalue weighted by Crippen LogP contribution is 2.50. The average molecular weight is 421 g/mol. The van der Waals surface area contributed by atoms with Crippen LogP contribution in [0.2, 0.25) is 0 Å². The fourth-order valence-corrected chi connectivity index (χ4v) is 4.99. The van der Waals surface area contributed by atoms with Gasteiger partial charge >= 0.3 is 5.97 Å². The minimum atomic E-state index is -0.917. The number of rotatable bonds is 8. The third-order valence-corrected chi connectivity index (χ3v) is 6.34. The summed E-state index contributed by atoms with van der Waals surface area (Å²) in [6, 6.07) is 10.4. The number of benzene rings is 1. The zero-order valence-electron chi connectivity index (χ0n) is 17.7. The number of carbonyl (C=O) groups is 2. The van der Waals surface area contributed by atoms with Gasteiger partial charge in [0.05, 0.1) is 31.3 Å². The Hall–Kier alpha value is -3.28. The molecule has 162 valence electrons. The Labute approximate surface area is 181 Å². The first-order valence-corrected chi connectivity index (χ1v) is 10.5. The number of allylic oxidation sites excluding steroid dienone is 2. The zero-order chi connectivity index (χ0) is 22.1. The maximum Gasteiger partial charge on any atom is 0.307 e. The lowest BCUT2D eigenvalue weighted by molar-refractivity contribution is -0.147. The Morgan fingerprint density at radius 2 is 1.87 bits per heavy atom. The van der Waals surface area contributed by atoms with E-state index >= 15 is 0 Å². The number of carboxylic acids is 1. The van der Waals surface area contributed by atoms with Crippen LogP contribution in [-0.4, -0.2) is 24.1 Å². The summed E-state index contributed by atoms with van der Waals surface area (Å²) in [7, 11) is 1.59. The second-order valence-electron chi connectivity index (χ2n) is 8.44. The van der Waals surface area contributed by atoms with Crippen molar-refractivity contribution in [1.29, 1.82) is 0 Å². The second kappa shape index (κ2) is 8.46. The van der Waals surface area contributed by atoms with Crippen LogP contribution in [0, 0.1) is 23.7 Å². The third kappa shape index (κ3) is 3.90. The Morgan fingerprint density at radius 3 is 2.42 bits per heavy atom. The predicted octanol–water partition coefficient (Wildman–Crippen LogP) is 4.85. The molecule has 31 heavy (non-hydrogen) atoms. The molecule has 0 aliphatic heterocycles. The fraction of sp³-hybridized carbons (Fsp3) is 0.360. The number of carboxylic acid groups (broad SMARTS) is 1. The number of ether oxygens (including phenoxy) is 1. The summed E-state index contributed by atoms with van der Waals surface area (Å²) >= 11 is 0. The van der Waals surface area contributed by atoms with Gasteiger partial charge in [0.2, 0.25) is 5.91 Å². The van der Waals surface area contributed by atoms with Gasteiger partial charge in [0.1, 0.15) is 11.5 Å². The number of aliphatic carboxylic acids is 1. The van der Waals surface area contributed by atoms with Crippen LogP contribution in [0.15, 0.2) is 71.4 Å². The first-order valence-electron chi connectivity index (χ1n) is 10.5. The summed E-state index contributed by atoms with van der Waals surface area (Å²) in [5, 5.41) is 9.89. The highest BCUT2D eigenvalue weighted by molar-refractivity contribution is 5.99. The van der Waals surface area contributed by atoms with Crippen molar-refractivity contribution in [3.8, 4) is 5.75 Å². The number of nitrogens with zero attached hydrogens (tertiary/aromatic N) is 1. The monoisotopic (exact) mass is 421 g/mol. The highest BCUT2D eigenvalue weighted by atomic mass is 16.5. The number of fused-ring (bicyclic) bond motifs is 2. The van der Waals surface area contributed by atoms with Crippen LogP contribution in [0.3, 0.4) is 0 Å². The van der Waals surface area contributed by atoms with E-state index in [9.17, 15) is 14.7 Å². The summed E-state index contributed by atoms with van der Waals surface area (Å²) in [6.45, 7) is 5.95. The standard InChI is InChI=1S/C25H27NO5/c1-15(2)13-20(21-5-4-12-31-21)26(18-8-10-19(30-3)11-9-18)24(27)22-16-6-7-17(14-16)23(22)25(28)29/h4-12,16-17,20,22-23H,1,13-14H2,2-3H3,(H,28,29). The summed E-state index contributed by atoms with van der Waals surface area (Å²) < 4.78 is 11.0. The van der Waals surface area contributed by atoms with Gasteiger partial charge in [-0.3, -0.25) is 9.59 Å². The average Bonchev–Trinajstić information content (AvgIpc) is 3.50. The molecule has 2 aliphatic carbocycles. The summed E-state index contributed by atoms with van der Waals surface area (Å²) in [5.74, 6) is -1.30. The molecule has 1 amide bonds. The molecule has 1 fully saturated rings. The number of carbonyl (C=O) groups excluding carboxylic acids is 1. The highest BCUT2D eigenvalue weighted by Gasteiger charge is 2.53. The molecule has 0 saturated heterocycles. The first-order chi connectivity index (χ1) is 14.9. The van der Waals surface area contributed by atoms with Crippen LogP contribution in [0.1, 0.15) is 31.6 Å². The molecule has 1 heterocycles. The largest absolute Gasteiger partial charge is 0.497 e. The molecule has 1 N–H and O–H groups in total. The molecule has 5 atom stereocenters. The minimum absolute atomic E-state index is 0.0681. The van der Waals surface area contributed by atoms with E-state index in [4.69, 9.17) is 9.15 Å². The Morgan fingerprint density at radius 1 is 1.19 bits per heavy atom. The van der Waals surface area contributed by atoms with Gasteiger partial charge in [0.15, 0.2) is 0 Å². The van der Waals surface area contributed by atoms with Crippen molar-refractivity contribution >= 4 is 17.6 Å². The maximum absolute atomic E-state index is 14.0. The number of amides is 1. The molecule has 0 spiro atoms. The molecule has 5 unspecified atom stereocenters. The van der Waals surface area contributed by atoms with E-state index < -0.39 is 23.8 Å². The summed E-state index contributed by atoms with van der Waals surface area (Å²) in [5.41, 5.74) is 1.57. The van der Waals surface area contributed by atoms with E-state index in [-0.39, 0.29) is 17.7 Å². The summed E-state index contributed by atoms with van der Waals surface area (Å²) in [6.07, 6.45) is 6.73. The van der Waals surface area contributed by atoms with Crippen LogP contribution in [0.4, 0.5) is 5.69 Å². The fourth-order valence-electron chi connectivity index (χ4n) is 4.99. The number of hydrogen-bond acceptors (Lipinski definition) is 4. The Bertz CT molecular complexity index is 991. The van der Waals surface area contributed by atoms with Gasteiger partial charge in [-0.2, -0.15) is 0 Å². The van der Waals surface area contributed by atoms with Crippen LogP contribution in [-0.2, 0) is 9.59 Å². The normalized spacial score (nSPS) is 24.7. The van der Waals surface area contributed by atoms with Gasteiger partial charge in [-0.05, 0) is 68.0 Å². The van der Waals surface area contributed by atoms with Crippen molar-refractivity contribution in [3.05, 3.63) is 72.7 Å². The summed E-state index contributed by atoms with van der Waals surface area (Å²) in [4.78, 5) is 27.8. The number of furan rings is 1. The van der Waals surface area contributed by atoms with Gasteiger partial charge < -0.3 is 19.2 Å². The van der Waals surface area contributed by atoms with E-state index in [0.717, 1.165) is 5.57 Å². The molecule has 4 rings (SSSR count). The molecule has 2 aromatic rings. The smallest absolute Gasteiger partial charge is 0.307 e. The molecule has 6 heteroatoms. The molecule has 2 bridgehead atoms. The van der Waals surface area contributed by atoms with Gasteiger partial charge in [0, 0.05) is 5.69 Å². The van der Waals surface area contributed by atoms with E-state index in [2.05, 4.69) is 6.58 Å². The lowest BCUT2D eigenvalue weighted by atomic mass is 9.81. The lowest BCUT2D eigenvalue weighted by Crippen LogP contribution is -2.45. The predicted molar refractivity (Wildman–Crippen MR) is 117 cm³/mol. The number of hydrogen-bond donors (Lipinski definition) is 1. The third-order valence-electron chi connectivity index (χ3n) is 6.34. The topological polar surface area (TPSA) is 80.0 Å². The van der Waals surface area contributed by atoms with Gasteiger partial charge in [0.25, 0.3) is 0 Å². The molecule has 1 saturated carbocycles. The molecule has 6 nitrogen and oxygen atoms in total. The van der Waals surface area contributed by atoms with E-state index in [1.165, 1.54) is 0 Å². The first kappa shape index (κ1) is 21.0. The van der Waals surface area contributed by atoms with E-state index in [1.54, 1.807) is 36.5 Å². The van der Waals surface area contributed by atoms with Crippen LogP contribution in [0.25, 0.3) is 0 Å². The second-order valence-corrected chi connectivity index (χ2v) is 8.44. The van der Waals surface area contributed by atoms with Crippen molar-refractivity contribution in [3.63, 3.8) is 0 Å². The van der Waals surface area contributed by atoms with Crippen molar-refractivity contribution < 1.29 is 23.8 Å². The van der Waals surface area contributed by atoms with Crippen molar-refractivity contribution in [1.82, 2.24) is 0 Å². The Kier molecular flexibility index (Phi) is 5.72. The molecule has 0 radical (unpaired) electrons. The van der Waals surface area contributed by atoms with Crippen LogP contribution in [0.5, 0.6) is 5.75 Å². The molecule has 2 aliphatic rings. The van der Waals surface area contributed by atoms with Crippen LogP contribution < -0.4 is 9.64 Å². The van der Waals surface area contributed by atoms with E-state index in [0.29, 0.717) is 30.0 Å². The van der Waals surface area contributed by atoms with E-state index in [1.807, 2.05) is 37.3 Å². The lowest BCUT2D eigenvalue weighted by Gasteiger charge is -2.36. The molecule has 1 aromatic carbocycles. The van der Waals surface area contributed by atoms with Gasteiger partial charge in [-0.25, -0.2) is 0 Å². The Balaban J connectivity index is 1.79. The van der Waals surface area contributed by atoms with Gasteiger partial charge in [-0.1, -0.05) is 17.7 Å². The van der Waals surface area contributed by atoms with Crippen molar-refractivity contribution in [2.24, 2.45) is 23.7 Å². The number of anilines is 1. The van der Waals surface area contributed by atoms with Crippen molar-refractivity contribution in [2.75, 3.05) is 12.0 Å². The molecular formula is C25H27NO5. The molecule has 1 aromatic heterocycles. The van der Waals surface area contributed by atoms with Crippen LogP contribution >= 0.6 is 0 Å². The SMILES string of the molecule is C=C(C)CC(c1ccco1)N(C(=O)C1C2C=CC(C2)C1C(=O)O)c1ccc(OC)cc1. The minimum Gasteiger partial charge on any atom is -0.497 e. The quantitative estimate of drug-likeness (QED) is 0.616. The van der Waals surface area contributed by atoms with Crippen molar-refractivity contribution in [2.45, 2.75) is 25.8 Å². The maximum atomic E-state index is 14.0. The number of methoxy groups -OCH3 is 1. The van der Waals surface area contributed by atoms with Gasteiger partial charge in [-0.15, -0.1) is 6.58 Å². The molecular weight excluding hydrogens is 394 g/mol. The zero-order valence-corrected chi connectivity index (χ0v) is 17.7.